The normalized spacial score (nSPS) is 12.1. The van der Waals surface area contributed by atoms with E-state index >= 15 is 0 Å². The molecule has 9 heteroatoms. The minimum atomic E-state index is -5.06. The first kappa shape index (κ1) is 21.5. The van der Waals surface area contributed by atoms with Gasteiger partial charge in [-0.25, -0.2) is 0 Å². The molecule has 30 heavy (non-hydrogen) atoms. The van der Waals surface area contributed by atoms with Crippen molar-refractivity contribution in [3.63, 3.8) is 0 Å². The minimum Gasteiger partial charge on any atom is -0.497 e. The first-order chi connectivity index (χ1) is 14.0. The van der Waals surface area contributed by atoms with Gasteiger partial charge in [-0.15, -0.1) is 0 Å². The van der Waals surface area contributed by atoms with Crippen molar-refractivity contribution in [2.75, 3.05) is 14.2 Å². The van der Waals surface area contributed by atoms with Gasteiger partial charge in [-0.2, -0.15) is 26.3 Å². The van der Waals surface area contributed by atoms with E-state index in [9.17, 15) is 31.1 Å². The topological polar surface area (TPSA) is 35.5 Å². The maximum absolute atomic E-state index is 13.2. The van der Waals surface area contributed by atoms with E-state index in [2.05, 4.69) is 0 Å². The molecule has 0 saturated carbocycles. The number of ketones is 1. The lowest BCUT2D eigenvalue weighted by Gasteiger charge is -2.16. The maximum Gasteiger partial charge on any atom is 0.416 e. The number of benzene rings is 3. The van der Waals surface area contributed by atoms with Gasteiger partial charge in [0, 0.05) is 5.56 Å². The molecule has 0 spiro atoms. The molecular weight excluding hydrogens is 414 g/mol. The van der Waals surface area contributed by atoms with E-state index in [1.165, 1.54) is 32.4 Å². The molecule has 3 aromatic carbocycles. The van der Waals surface area contributed by atoms with Crippen LogP contribution < -0.4 is 9.47 Å². The number of hydrogen-bond donors (Lipinski definition) is 0. The third kappa shape index (κ3) is 4.05. The molecule has 0 unspecified atom stereocenters. The number of ether oxygens (including phenoxy) is 2. The van der Waals surface area contributed by atoms with Crippen LogP contribution in [0.25, 0.3) is 10.8 Å². The fraction of sp³-hybridized carbons (Fsp3) is 0.190. The van der Waals surface area contributed by atoms with Gasteiger partial charge in [-0.1, -0.05) is 6.07 Å². The summed E-state index contributed by atoms with van der Waals surface area (Å²) in [5.41, 5.74) is -4.04. The van der Waals surface area contributed by atoms with Crippen molar-refractivity contribution in [2.24, 2.45) is 0 Å². The Labute approximate surface area is 166 Å². The van der Waals surface area contributed by atoms with Crippen LogP contribution in [0, 0.1) is 0 Å². The van der Waals surface area contributed by atoms with Gasteiger partial charge in [0.15, 0.2) is 5.78 Å². The zero-order valence-corrected chi connectivity index (χ0v) is 15.6. The average molecular weight is 428 g/mol. The van der Waals surface area contributed by atoms with Crippen LogP contribution in [0.5, 0.6) is 11.5 Å². The molecule has 0 N–H and O–H groups in total. The molecule has 0 aromatic heterocycles. The standard InChI is InChI=1S/C21H14F6O3/c1-29-15-4-5-16-11(9-15)3-6-17(30-2)18(16)19(28)12-7-13(20(22,23)24)10-14(8-12)21(25,26)27/h3-10H,1-2H3. The van der Waals surface area contributed by atoms with E-state index in [-0.39, 0.29) is 17.4 Å². The zero-order valence-electron chi connectivity index (χ0n) is 15.6. The van der Waals surface area contributed by atoms with Gasteiger partial charge < -0.3 is 9.47 Å². The van der Waals surface area contributed by atoms with Crippen LogP contribution in [0.3, 0.4) is 0 Å². The highest BCUT2D eigenvalue weighted by atomic mass is 19.4. The molecule has 3 rings (SSSR count). The summed E-state index contributed by atoms with van der Waals surface area (Å²) >= 11 is 0. The molecule has 0 heterocycles. The van der Waals surface area contributed by atoms with Crippen LogP contribution in [0.1, 0.15) is 27.0 Å². The molecule has 0 aliphatic rings. The van der Waals surface area contributed by atoms with Gasteiger partial charge in [0.25, 0.3) is 0 Å². The zero-order chi connectivity index (χ0) is 22.3. The molecule has 3 aromatic rings. The Morgan fingerprint density at radius 1 is 0.767 bits per heavy atom. The van der Waals surface area contributed by atoms with Crippen LogP contribution in [0.2, 0.25) is 0 Å². The molecule has 158 valence electrons. The predicted octanol–water partition coefficient (Wildman–Crippen LogP) is 6.13. The average Bonchev–Trinajstić information content (AvgIpc) is 2.70. The van der Waals surface area contributed by atoms with Gasteiger partial charge in [-0.3, -0.25) is 4.79 Å². The highest BCUT2D eigenvalue weighted by molar-refractivity contribution is 6.18. The maximum atomic E-state index is 13.2. The van der Waals surface area contributed by atoms with Gasteiger partial charge >= 0.3 is 12.4 Å². The second-order valence-corrected chi connectivity index (χ2v) is 6.35. The fourth-order valence-corrected chi connectivity index (χ4v) is 3.05. The van der Waals surface area contributed by atoms with E-state index in [0.717, 1.165) is 0 Å². The van der Waals surface area contributed by atoms with E-state index in [0.29, 0.717) is 28.7 Å². The quantitative estimate of drug-likeness (QED) is 0.371. The third-order valence-corrected chi connectivity index (χ3v) is 4.49. The van der Waals surface area contributed by atoms with Crippen LogP contribution in [0.15, 0.2) is 48.5 Å². The van der Waals surface area contributed by atoms with E-state index in [1.54, 1.807) is 12.1 Å². The molecule has 0 amide bonds. The minimum absolute atomic E-state index is 0.0173. The Morgan fingerprint density at radius 3 is 1.87 bits per heavy atom. The second-order valence-electron chi connectivity index (χ2n) is 6.35. The highest BCUT2D eigenvalue weighted by Crippen LogP contribution is 2.38. The van der Waals surface area contributed by atoms with E-state index in [1.807, 2.05) is 0 Å². The summed E-state index contributed by atoms with van der Waals surface area (Å²) in [6, 6.07) is 8.38. The number of rotatable bonds is 4. The van der Waals surface area contributed by atoms with Crippen molar-refractivity contribution >= 4 is 16.6 Å². The van der Waals surface area contributed by atoms with Crippen LogP contribution >= 0.6 is 0 Å². The van der Waals surface area contributed by atoms with Crippen molar-refractivity contribution < 1.29 is 40.6 Å². The van der Waals surface area contributed by atoms with Crippen LogP contribution in [-0.4, -0.2) is 20.0 Å². The summed E-state index contributed by atoms with van der Waals surface area (Å²) in [5, 5.41) is 0.799. The summed E-state index contributed by atoms with van der Waals surface area (Å²) in [6.45, 7) is 0. The SMILES string of the molecule is COc1ccc2c(C(=O)c3cc(C(F)(F)F)cc(C(F)(F)F)c3)c(OC)ccc2c1. The summed E-state index contributed by atoms with van der Waals surface area (Å²) in [6.07, 6.45) is -10.1. The number of fused-ring (bicyclic) bond motifs is 1. The molecule has 0 fully saturated rings. The van der Waals surface area contributed by atoms with Crippen LogP contribution in [-0.2, 0) is 12.4 Å². The summed E-state index contributed by atoms with van der Waals surface area (Å²) < 4.78 is 89.3. The van der Waals surface area contributed by atoms with Gasteiger partial charge in [0.2, 0.25) is 0 Å². The highest BCUT2D eigenvalue weighted by Gasteiger charge is 2.38. The van der Waals surface area contributed by atoms with Crippen molar-refractivity contribution in [1.82, 2.24) is 0 Å². The fourth-order valence-electron chi connectivity index (χ4n) is 3.05. The molecule has 0 radical (unpaired) electrons. The lowest BCUT2D eigenvalue weighted by molar-refractivity contribution is -0.143. The second kappa shape index (κ2) is 7.55. The molecule has 0 aliphatic carbocycles. The number of carbonyl (C=O) groups excluding carboxylic acids is 1. The number of halogens is 6. The molecule has 0 aliphatic heterocycles. The summed E-state index contributed by atoms with van der Waals surface area (Å²) in [5.74, 6) is -0.549. The predicted molar refractivity (Wildman–Crippen MR) is 96.9 cm³/mol. The third-order valence-electron chi connectivity index (χ3n) is 4.49. The smallest absolute Gasteiger partial charge is 0.416 e. The van der Waals surface area contributed by atoms with Crippen LogP contribution in [0.4, 0.5) is 26.3 Å². The molecular formula is C21H14F6O3. The monoisotopic (exact) mass is 428 g/mol. The van der Waals surface area contributed by atoms with Gasteiger partial charge in [0.05, 0.1) is 30.9 Å². The number of methoxy groups -OCH3 is 2. The van der Waals surface area contributed by atoms with Gasteiger partial charge in [0.1, 0.15) is 11.5 Å². The Morgan fingerprint density at radius 2 is 1.37 bits per heavy atom. The first-order valence-corrected chi connectivity index (χ1v) is 8.44. The summed E-state index contributed by atoms with van der Waals surface area (Å²) in [7, 11) is 2.67. The lowest BCUT2D eigenvalue weighted by Crippen LogP contribution is -2.14. The molecule has 0 bridgehead atoms. The van der Waals surface area contributed by atoms with Crippen molar-refractivity contribution in [2.45, 2.75) is 12.4 Å². The lowest BCUT2D eigenvalue weighted by atomic mass is 9.93. The van der Waals surface area contributed by atoms with E-state index < -0.39 is 34.8 Å². The first-order valence-electron chi connectivity index (χ1n) is 8.44. The Balaban J connectivity index is 2.27. The molecule has 0 saturated heterocycles. The Hall–Kier alpha value is -3.23. The largest absolute Gasteiger partial charge is 0.497 e. The number of hydrogen-bond acceptors (Lipinski definition) is 3. The van der Waals surface area contributed by atoms with Gasteiger partial charge in [-0.05, 0) is 53.2 Å². The molecule has 3 nitrogen and oxygen atoms in total. The molecule has 0 atom stereocenters. The van der Waals surface area contributed by atoms with Crippen molar-refractivity contribution in [1.29, 1.82) is 0 Å². The number of alkyl halides is 6. The van der Waals surface area contributed by atoms with Crippen molar-refractivity contribution in [3.8, 4) is 11.5 Å². The number of carbonyl (C=O) groups is 1. The van der Waals surface area contributed by atoms with E-state index in [4.69, 9.17) is 9.47 Å². The van der Waals surface area contributed by atoms with Crippen molar-refractivity contribution in [3.05, 3.63) is 70.8 Å². The Kier molecular flexibility index (Phi) is 5.40. The Bertz CT molecular complexity index is 1080. The summed E-state index contributed by atoms with van der Waals surface area (Å²) in [4.78, 5) is 13.1.